The summed E-state index contributed by atoms with van der Waals surface area (Å²) in [6.45, 7) is -0.663. The van der Waals surface area contributed by atoms with Crippen molar-refractivity contribution in [1.82, 2.24) is 0 Å². The van der Waals surface area contributed by atoms with Gasteiger partial charge in [0.1, 0.15) is 5.56 Å². The Hall–Kier alpha value is -2.25. The van der Waals surface area contributed by atoms with Crippen LogP contribution in [-0.4, -0.2) is 29.0 Å². The van der Waals surface area contributed by atoms with E-state index in [9.17, 15) is 23.7 Å². The van der Waals surface area contributed by atoms with Gasteiger partial charge in [0.2, 0.25) is 0 Å². The summed E-state index contributed by atoms with van der Waals surface area (Å²) in [5.41, 5.74) is -1.06. The van der Waals surface area contributed by atoms with Crippen LogP contribution in [0.5, 0.6) is 0 Å². The molecule has 0 fully saturated rings. The van der Waals surface area contributed by atoms with Gasteiger partial charge < -0.3 is 10.4 Å². The number of nitrogens with zero attached hydrogens (tertiary/aromatic N) is 1. The summed E-state index contributed by atoms with van der Waals surface area (Å²) in [7, 11) is 0. The first-order valence-electron chi connectivity index (χ1n) is 4.45. The summed E-state index contributed by atoms with van der Waals surface area (Å²) in [6.07, 6.45) is -2.60. The molecule has 1 aromatic rings. The van der Waals surface area contributed by atoms with Gasteiger partial charge in [0.05, 0.1) is 11.5 Å². The van der Waals surface area contributed by atoms with Crippen LogP contribution in [0.3, 0.4) is 0 Å². The molecule has 0 aliphatic carbocycles. The molecule has 92 valence electrons. The second-order valence-corrected chi connectivity index (χ2v) is 3.07. The first kappa shape index (κ1) is 12.8. The topological polar surface area (TPSA) is 92.5 Å². The fourth-order valence-electron chi connectivity index (χ4n) is 1.17. The Kier molecular flexibility index (Phi) is 3.91. The van der Waals surface area contributed by atoms with E-state index in [-0.39, 0.29) is 5.69 Å². The third kappa shape index (κ3) is 3.37. The third-order valence-corrected chi connectivity index (χ3v) is 1.89. The summed E-state index contributed by atoms with van der Waals surface area (Å²) in [6, 6.07) is 3.10. The van der Waals surface area contributed by atoms with Gasteiger partial charge in [-0.1, -0.05) is 0 Å². The van der Waals surface area contributed by atoms with E-state index < -0.39 is 35.1 Å². The number of carbonyl (C=O) groups is 1. The van der Waals surface area contributed by atoms with Crippen molar-refractivity contribution in [1.29, 1.82) is 0 Å². The molecule has 2 N–H and O–H groups in total. The highest BCUT2D eigenvalue weighted by Gasteiger charge is 2.20. The molecule has 0 saturated heterocycles. The van der Waals surface area contributed by atoms with Gasteiger partial charge in [0.25, 0.3) is 12.1 Å². The van der Waals surface area contributed by atoms with Gasteiger partial charge in [-0.3, -0.25) is 10.1 Å². The third-order valence-electron chi connectivity index (χ3n) is 1.89. The zero-order chi connectivity index (χ0) is 13.0. The summed E-state index contributed by atoms with van der Waals surface area (Å²) in [5.74, 6) is -1.45. The fourth-order valence-corrected chi connectivity index (χ4v) is 1.17. The van der Waals surface area contributed by atoms with Crippen LogP contribution in [0.2, 0.25) is 0 Å². The minimum atomic E-state index is -2.60. The minimum Gasteiger partial charge on any atom is -0.477 e. The van der Waals surface area contributed by atoms with Crippen molar-refractivity contribution < 1.29 is 23.6 Å². The zero-order valence-electron chi connectivity index (χ0n) is 8.39. The Labute approximate surface area is 94.0 Å². The number of aromatic carboxylic acids is 1. The van der Waals surface area contributed by atoms with Gasteiger partial charge in [-0.15, -0.1) is 0 Å². The molecule has 0 amide bonds. The second kappa shape index (κ2) is 5.19. The molecule has 1 aromatic carbocycles. The number of alkyl halides is 2. The zero-order valence-corrected chi connectivity index (χ0v) is 8.39. The van der Waals surface area contributed by atoms with E-state index in [1.807, 2.05) is 0 Å². The van der Waals surface area contributed by atoms with Crippen LogP contribution in [0.15, 0.2) is 18.2 Å². The lowest BCUT2D eigenvalue weighted by Gasteiger charge is -2.06. The maximum Gasteiger partial charge on any atom is 0.342 e. The van der Waals surface area contributed by atoms with Crippen molar-refractivity contribution in [2.24, 2.45) is 0 Å². The van der Waals surface area contributed by atoms with E-state index in [0.29, 0.717) is 0 Å². The lowest BCUT2D eigenvalue weighted by Crippen LogP contribution is -2.11. The van der Waals surface area contributed by atoms with Crippen LogP contribution in [0.1, 0.15) is 10.4 Å². The highest BCUT2D eigenvalue weighted by molar-refractivity contribution is 5.93. The molecule has 17 heavy (non-hydrogen) atoms. The maximum absolute atomic E-state index is 11.9. The summed E-state index contributed by atoms with van der Waals surface area (Å²) >= 11 is 0. The van der Waals surface area contributed by atoms with Gasteiger partial charge in [-0.05, 0) is 12.1 Å². The molecule has 0 unspecified atom stereocenters. The van der Waals surface area contributed by atoms with Crippen molar-refractivity contribution in [2.75, 3.05) is 11.9 Å². The van der Waals surface area contributed by atoms with E-state index in [2.05, 4.69) is 5.32 Å². The molecule has 0 radical (unpaired) electrons. The maximum atomic E-state index is 11.9. The Bertz CT molecular complexity index is 451. The van der Waals surface area contributed by atoms with Crippen molar-refractivity contribution in [3.05, 3.63) is 33.9 Å². The smallest absolute Gasteiger partial charge is 0.342 e. The number of nitro benzene ring substituents is 1. The van der Waals surface area contributed by atoms with Gasteiger partial charge in [-0.2, -0.15) is 0 Å². The predicted octanol–water partition coefficient (Wildman–Crippen LogP) is 1.97. The van der Waals surface area contributed by atoms with E-state index in [1.165, 1.54) is 6.07 Å². The number of halogens is 2. The largest absolute Gasteiger partial charge is 0.477 e. The quantitative estimate of drug-likeness (QED) is 0.612. The highest BCUT2D eigenvalue weighted by Crippen LogP contribution is 2.23. The Morgan fingerprint density at radius 2 is 2.18 bits per heavy atom. The van der Waals surface area contributed by atoms with Crippen LogP contribution in [0.25, 0.3) is 0 Å². The molecule has 0 saturated carbocycles. The first-order chi connectivity index (χ1) is 7.91. The molecule has 0 atom stereocenters. The molecule has 0 aromatic heterocycles. The number of carboxylic acids is 1. The van der Waals surface area contributed by atoms with E-state index in [1.54, 1.807) is 0 Å². The molecule has 0 bridgehead atoms. The van der Waals surface area contributed by atoms with Crippen molar-refractivity contribution >= 4 is 17.3 Å². The van der Waals surface area contributed by atoms with Crippen molar-refractivity contribution in [3.63, 3.8) is 0 Å². The molecular weight excluding hydrogens is 238 g/mol. The van der Waals surface area contributed by atoms with Crippen molar-refractivity contribution in [2.45, 2.75) is 6.43 Å². The van der Waals surface area contributed by atoms with Crippen LogP contribution in [-0.2, 0) is 0 Å². The average molecular weight is 246 g/mol. The lowest BCUT2D eigenvalue weighted by atomic mass is 10.1. The molecule has 6 nitrogen and oxygen atoms in total. The molecule has 8 heteroatoms. The number of hydrogen-bond donors (Lipinski definition) is 2. The van der Waals surface area contributed by atoms with Gasteiger partial charge in [-0.25, -0.2) is 13.6 Å². The second-order valence-electron chi connectivity index (χ2n) is 3.07. The fraction of sp³-hybridized carbons (Fsp3) is 0.222. The lowest BCUT2D eigenvalue weighted by molar-refractivity contribution is -0.385. The van der Waals surface area contributed by atoms with E-state index >= 15 is 0 Å². The number of benzene rings is 1. The number of nitrogens with one attached hydrogen (secondary N) is 1. The van der Waals surface area contributed by atoms with Crippen LogP contribution < -0.4 is 5.32 Å². The normalized spacial score (nSPS) is 10.3. The Morgan fingerprint density at radius 1 is 1.53 bits per heavy atom. The van der Waals surface area contributed by atoms with Gasteiger partial charge in [0, 0.05) is 11.8 Å². The van der Waals surface area contributed by atoms with Crippen molar-refractivity contribution in [3.8, 4) is 0 Å². The Balaban J connectivity index is 3.02. The first-order valence-corrected chi connectivity index (χ1v) is 4.45. The van der Waals surface area contributed by atoms with Crippen LogP contribution in [0, 0.1) is 10.1 Å². The minimum absolute atomic E-state index is 0.0713. The van der Waals surface area contributed by atoms with Gasteiger partial charge >= 0.3 is 5.97 Å². The molecule has 0 aliphatic heterocycles. The van der Waals surface area contributed by atoms with Gasteiger partial charge in [0.15, 0.2) is 0 Å². The molecule has 1 rings (SSSR count). The molecule has 0 heterocycles. The number of hydrogen-bond acceptors (Lipinski definition) is 4. The van der Waals surface area contributed by atoms with E-state index in [4.69, 9.17) is 5.11 Å². The highest BCUT2D eigenvalue weighted by atomic mass is 19.3. The number of rotatable bonds is 5. The number of carboxylic acid groups (broad SMARTS) is 1. The monoisotopic (exact) mass is 246 g/mol. The van der Waals surface area contributed by atoms with E-state index in [0.717, 1.165) is 12.1 Å². The molecular formula is C9H8F2N2O4. The predicted molar refractivity (Wildman–Crippen MR) is 54.5 cm³/mol. The molecule has 0 aliphatic rings. The van der Waals surface area contributed by atoms with Crippen LogP contribution >= 0.6 is 0 Å². The van der Waals surface area contributed by atoms with Crippen LogP contribution in [0.4, 0.5) is 20.2 Å². The standard InChI is InChI=1S/C9H8F2N2O4/c10-8(11)4-12-5-1-2-6(9(14)15)7(3-5)13(16)17/h1-3,8,12H,4H2,(H,14,15). The number of nitro groups is 1. The Morgan fingerprint density at radius 3 is 2.65 bits per heavy atom. The molecule has 0 spiro atoms. The summed E-state index contributed by atoms with van der Waals surface area (Å²) < 4.78 is 23.8. The summed E-state index contributed by atoms with van der Waals surface area (Å²) in [4.78, 5) is 20.4. The number of anilines is 1. The summed E-state index contributed by atoms with van der Waals surface area (Å²) in [5, 5.41) is 21.5. The SMILES string of the molecule is O=C(O)c1ccc(NCC(F)F)cc1[N+](=O)[O-]. The average Bonchev–Trinajstić information content (AvgIpc) is 2.25.